The summed E-state index contributed by atoms with van der Waals surface area (Å²) in [4.78, 5) is 4.45. The van der Waals surface area contributed by atoms with Crippen LogP contribution in [-0.4, -0.2) is 19.9 Å². The molecule has 0 fully saturated rings. The maximum absolute atomic E-state index is 9.42. The van der Waals surface area contributed by atoms with Crippen LogP contribution in [0.5, 0.6) is 5.88 Å². The van der Waals surface area contributed by atoms with Crippen LogP contribution < -0.4 is 10.2 Å². The number of nitrogens with zero attached hydrogens (tertiary/aromatic N) is 2. The molecule has 0 spiro atoms. The maximum atomic E-state index is 9.42. The van der Waals surface area contributed by atoms with Crippen molar-refractivity contribution in [2.45, 2.75) is 0 Å². The lowest BCUT2D eigenvalue weighted by molar-refractivity contribution is 0.397. The fraction of sp³-hybridized carbons (Fsp3) is 0.0588. The van der Waals surface area contributed by atoms with E-state index in [2.05, 4.69) is 11.1 Å². The molecule has 0 aliphatic rings. The molecule has 3 rings (SSSR count). The first kappa shape index (κ1) is 14.0. The number of furan rings is 1. The summed E-state index contributed by atoms with van der Waals surface area (Å²) in [5.41, 5.74) is 3.92. The summed E-state index contributed by atoms with van der Waals surface area (Å²) in [7, 11) is 3.54. The predicted octanol–water partition coefficient (Wildman–Crippen LogP) is 2.15. The van der Waals surface area contributed by atoms with Crippen molar-refractivity contribution in [1.29, 1.82) is 5.26 Å². The summed E-state index contributed by atoms with van der Waals surface area (Å²) >= 11 is 0. The van der Waals surface area contributed by atoms with Crippen LogP contribution in [0.3, 0.4) is 0 Å². The number of nitriles is 1. The van der Waals surface area contributed by atoms with Crippen LogP contribution >= 0.6 is 0 Å². The fourth-order valence-corrected chi connectivity index (χ4v) is 2.28. The van der Waals surface area contributed by atoms with E-state index in [1.807, 2.05) is 44.2 Å². The molecule has 3 aromatic rings. The monoisotopic (exact) mass is 288 g/mol. The van der Waals surface area contributed by atoms with Gasteiger partial charge in [-0.3, -0.25) is 0 Å². The molecule has 0 aliphatic heterocycles. The quantitative estimate of drug-likeness (QED) is 0.693. The average molecular weight is 288 g/mol. The molecule has 0 radical (unpaired) electrons. The molecule has 5 heteroatoms. The highest BCUT2D eigenvalue weighted by Gasteiger charge is 2.17. The predicted molar refractivity (Wildman–Crippen MR) is 86.8 cm³/mol. The second-order valence-corrected chi connectivity index (χ2v) is 4.89. The molecule has 4 nitrogen and oxygen atoms in total. The Morgan fingerprint density at radius 1 is 1.23 bits per heavy atom. The minimum atomic E-state index is 0.298. The van der Waals surface area contributed by atoms with Gasteiger partial charge in [-0.25, -0.2) is 4.98 Å². The Morgan fingerprint density at radius 3 is 2.59 bits per heavy atom. The third kappa shape index (κ3) is 2.47. The van der Waals surface area contributed by atoms with Crippen molar-refractivity contribution in [3.63, 3.8) is 0 Å². The Hall–Kier alpha value is -3.00. The lowest BCUT2D eigenvalue weighted by atomic mass is 9.94. The molecule has 0 amide bonds. The van der Waals surface area contributed by atoms with E-state index in [4.69, 9.17) is 9.15 Å². The number of benzene rings is 1. The maximum Gasteiger partial charge on any atom is 0.232 e. The molecule has 22 heavy (non-hydrogen) atoms. The Balaban J connectivity index is 2.23. The first-order valence-electron chi connectivity index (χ1n) is 6.83. The molecule has 0 saturated heterocycles. The van der Waals surface area contributed by atoms with Crippen LogP contribution in [0.15, 0.2) is 53.1 Å². The van der Waals surface area contributed by atoms with E-state index in [0.29, 0.717) is 22.8 Å². The summed E-state index contributed by atoms with van der Waals surface area (Å²) in [6, 6.07) is 15.6. The van der Waals surface area contributed by atoms with E-state index in [9.17, 15) is 5.26 Å². The second-order valence-electron chi connectivity index (χ2n) is 4.89. The van der Waals surface area contributed by atoms with E-state index in [1.165, 1.54) is 12.6 Å². The van der Waals surface area contributed by atoms with Gasteiger partial charge in [0.15, 0.2) is 0 Å². The van der Waals surface area contributed by atoms with Gasteiger partial charge in [-0.15, -0.1) is 0 Å². The van der Waals surface area contributed by atoms with Crippen LogP contribution in [0.4, 0.5) is 0 Å². The van der Waals surface area contributed by atoms with E-state index in [-0.39, 0.29) is 0 Å². The first-order valence-corrected chi connectivity index (χ1v) is 6.83. The third-order valence-electron chi connectivity index (χ3n) is 3.43. The third-order valence-corrected chi connectivity index (χ3v) is 3.43. The number of aromatic nitrogens is 1. The summed E-state index contributed by atoms with van der Waals surface area (Å²) in [6.45, 7) is 0. The summed E-state index contributed by atoms with van der Waals surface area (Å²) in [5, 5.41) is 9.42. The number of methoxy groups -OCH3 is 1. The molecule has 0 bridgehead atoms. The Morgan fingerprint density at radius 2 is 2.00 bits per heavy atom. The molecule has 2 aromatic heterocycles. The fourth-order valence-electron chi connectivity index (χ4n) is 2.28. The minimum Gasteiger partial charge on any atom is -0.480 e. The van der Waals surface area contributed by atoms with Crippen LogP contribution in [0.25, 0.3) is 22.6 Å². The van der Waals surface area contributed by atoms with Crippen LogP contribution in [-0.2, 0) is 0 Å². The van der Waals surface area contributed by atoms with Crippen LogP contribution in [0.2, 0.25) is 0 Å². The molecule has 0 N–H and O–H groups in total. The van der Waals surface area contributed by atoms with E-state index in [0.717, 1.165) is 11.3 Å². The highest BCUT2D eigenvalue weighted by atomic mass is 16.5. The molecular weight excluding hydrogens is 275 g/mol. The van der Waals surface area contributed by atoms with Gasteiger partial charge in [0.25, 0.3) is 0 Å². The van der Waals surface area contributed by atoms with Crippen LogP contribution in [0, 0.1) is 11.3 Å². The largest absolute Gasteiger partial charge is 0.480 e. The lowest BCUT2D eigenvalue weighted by Crippen LogP contribution is -2.01. The standard InChI is InChI=1S/C17H13BN2O2/c1-21-17-14(10-19)13(16-3-2-8-22-16)9-15(20-17)11-4-6-12(18)7-5-11/h2-9H,18H2,1H3. The van der Waals surface area contributed by atoms with Crippen LogP contribution in [0.1, 0.15) is 5.56 Å². The highest BCUT2D eigenvalue weighted by molar-refractivity contribution is 6.32. The second kappa shape index (κ2) is 5.78. The van der Waals surface area contributed by atoms with Gasteiger partial charge < -0.3 is 9.15 Å². The minimum absolute atomic E-state index is 0.298. The topological polar surface area (TPSA) is 59.0 Å². The van der Waals surface area contributed by atoms with Crippen molar-refractivity contribution in [3.8, 4) is 34.5 Å². The van der Waals surface area contributed by atoms with E-state index < -0.39 is 0 Å². The SMILES string of the molecule is Bc1ccc(-c2cc(-c3ccco3)c(C#N)c(OC)n2)cc1. The Labute approximate surface area is 129 Å². The molecule has 2 heterocycles. The van der Waals surface area contributed by atoms with Gasteiger partial charge >= 0.3 is 0 Å². The van der Waals surface area contributed by atoms with E-state index in [1.54, 1.807) is 12.3 Å². The van der Waals surface area contributed by atoms with Crippen molar-refractivity contribution in [2.75, 3.05) is 7.11 Å². The summed E-state index contributed by atoms with van der Waals surface area (Å²) < 4.78 is 10.7. The molecule has 1 aromatic carbocycles. The lowest BCUT2D eigenvalue weighted by Gasteiger charge is -2.10. The summed E-state index contributed by atoms with van der Waals surface area (Å²) in [6.07, 6.45) is 1.58. The molecule has 0 saturated carbocycles. The molecule has 0 aliphatic carbocycles. The van der Waals surface area contributed by atoms with Crippen molar-refractivity contribution < 1.29 is 9.15 Å². The van der Waals surface area contributed by atoms with Gasteiger partial charge in [-0.2, -0.15) is 5.26 Å². The number of hydrogen-bond donors (Lipinski definition) is 0. The van der Waals surface area contributed by atoms with Gasteiger partial charge in [0, 0.05) is 11.1 Å². The zero-order valence-corrected chi connectivity index (χ0v) is 12.3. The van der Waals surface area contributed by atoms with Crippen molar-refractivity contribution in [2.24, 2.45) is 0 Å². The number of hydrogen-bond acceptors (Lipinski definition) is 4. The van der Waals surface area contributed by atoms with Gasteiger partial charge in [0.05, 0.1) is 19.1 Å². The van der Waals surface area contributed by atoms with E-state index >= 15 is 0 Å². The Bertz CT molecular complexity index is 834. The average Bonchev–Trinajstić information content (AvgIpc) is 3.08. The van der Waals surface area contributed by atoms with Gasteiger partial charge in [-0.05, 0) is 18.2 Å². The van der Waals surface area contributed by atoms with Gasteiger partial charge in [-0.1, -0.05) is 29.7 Å². The molecule has 106 valence electrons. The van der Waals surface area contributed by atoms with Crippen molar-refractivity contribution in [1.82, 2.24) is 4.98 Å². The van der Waals surface area contributed by atoms with Crippen molar-refractivity contribution >= 4 is 13.3 Å². The number of rotatable bonds is 3. The molecule has 0 unspecified atom stereocenters. The highest BCUT2D eigenvalue weighted by Crippen LogP contribution is 2.33. The normalized spacial score (nSPS) is 10.2. The number of ether oxygens (including phenoxy) is 1. The zero-order valence-electron chi connectivity index (χ0n) is 12.3. The Kier molecular flexibility index (Phi) is 3.67. The van der Waals surface area contributed by atoms with Gasteiger partial charge in [0.2, 0.25) is 5.88 Å². The van der Waals surface area contributed by atoms with Gasteiger partial charge in [0.1, 0.15) is 25.2 Å². The first-order chi connectivity index (χ1) is 10.7. The smallest absolute Gasteiger partial charge is 0.232 e. The zero-order chi connectivity index (χ0) is 15.5. The summed E-state index contributed by atoms with van der Waals surface area (Å²) in [5.74, 6) is 0.914. The molecular formula is C17H13BN2O2. The van der Waals surface area contributed by atoms with Crippen molar-refractivity contribution in [3.05, 3.63) is 54.3 Å². The molecule has 0 atom stereocenters. The number of pyridine rings is 1.